The normalized spacial score (nSPS) is 10.5. The van der Waals surface area contributed by atoms with Crippen molar-refractivity contribution in [3.8, 4) is 22.9 Å². The topological polar surface area (TPSA) is 50.1 Å². The Morgan fingerprint density at radius 3 is 2.04 bits per heavy atom. The first-order valence-electron chi connectivity index (χ1n) is 7.90. The van der Waals surface area contributed by atoms with Crippen LogP contribution in [0.1, 0.15) is 11.1 Å². The minimum atomic E-state index is -0.513. The number of nitrogens with zero attached hydrogens (tertiary/aromatic N) is 1. The molecule has 0 aliphatic rings. The van der Waals surface area contributed by atoms with Crippen LogP contribution in [0, 0.1) is 17.1 Å². The fourth-order valence-electron chi connectivity index (χ4n) is 2.34. The highest BCUT2D eigenvalue weighted by Crippen LogP contribution is 2.23. The highest BCUT2D eigenvalue weighted by atomic mass is 19.1. The van der Waals surface area contributed by atoms with Crippen LogP contribution in [0.3, 0.4) is 0 Å². The van der Waals surface area contributed by atoms with Crippen LogP contribution in [0.5, 0.6) is 5.75 Å². The maximum Gasteiger partial charge on any atom is 0.336 e. The number of carbonyl (C=O) groups is 1. The summed E-state index contributed by atoms with van der Waals surface area (Å²) < 4.78 is 18.1. The van der Waals surface area contributed by atoms with Crippen molar-refractivity contribution in [3.05, 3.63) is 95.8 Å². The first-order chi connectivity index (χ1) is 12.6. The lowest BCUT2D eigenvalue weighted by Gasteiger charge is -2.04. The van der Waals surface area contributed by atoms with Crippen LogP contribution in [0.25, 0.3) is 17.2 Å². The van der Waals surface area contributed by atoms with Crippen molar-refractivity contribution < 1.29 is 13.9 Å². The quantitative estimate of drug-likeness (QED) is 0.381. The third kappa shape index (κ3) is 4.43. The van der Waals surface area contributed by atoms with E-state index in [0.29, 0.717) is 16.9 Å². The number of esters is 1. The maximum atomic E-state index is 12.8. The SMILES string of the molecule is N#Cc1ccc(-c2ccc(OC(=O)C=Cc3ccc(F)cc3)cc2)cc1. The number of rotatable bonds is 4. The lowest BCUT2D eigenvalue weighted by molar-refractivity contribution is -0.128. The lowest BCUT2D eigenvalue weighted by atomic mass is 10.0. The van der Waals surface area contributed by atoms with Gasteiger partial charge in [0, 0.05) is 6.08 Å². The van der Waals surface area contributed by atoms with E-state index in [9.17, 15) is 9.18 Å². The summed E-state index contributed by atoms with van der Waals surface area (Å²) in [6.07, 6.45) is 2.86. The van der Waals surface area contributed by atoms with Gasteiger partial charge in [-0.05, 0) is 59.2 Å². The molecule has 3 aromatic rings. The predicted octanol–water partition coefficient (Wildman–Crippen LogP) is 4.98. The van der Waals surface area contributed by atoms with E-state index in [1.54, 1.807) is 42.5 Å². The number of nitriles is 1. The Morgan fingerprint density at radius 1 is 0.885 bits per heavy atom. The van der Waals surface area contributed by atoms with E-state index in [-0.39, 0.29) is 5.82 Å². The molecule has 0 spiro atoms. The van der Waals surface area contributed by atoms with E-state index in [1.807, 2.05) is 24.3 Å². The Bertz CT molecular complexity index is 967. The van der Waals surface area contributed by atoms with Crippen molar-refractivity contribution in [3.63, 3.8) is 0 Å². The van der Waals surface area contributed by atoms with E-state index in [1.165, 1.54) is 18.2 Å². The van der Waals surface area contributed by atoms with E-state index >= 15 is 0 Å². The number of hydrogen-bond acceptors (Lipinski definition) is 3. The van der Waals surface area contributed by atoms with Crippen molar-refractivity contribution in [2.45, 2.75) is 0 Å². The lowest BCUT2D eigenvalue weighted by Crippen LogP contribution is -2.03. The minimum absolute atomic E-state index is 0.327. The molecule has 0 N–H and O–H groups in total. The van der Waals surface area contributed by atoms with E-state index in [2.05, 4.69) is 6.07 Å². The van der Waals surface area contributed by atoms with Crippen LogP contribution in [-0.2, 0) is 4.79 Å². The van der Waals surface area contributed by atoms with Gasteiger partial charge in [0.05, 0.1) is 11.6 Å². The second-order valence-electron chi connectivity index (χ2n) is 5.52. The van der Waals surface area contributed by atoms with Gasteiger partial charge in [0.25, 0.3) is 0 Å². The average molecular weight is 343 g/mol. The van der Waals surface area contributed by atoms with Gasteiger partial charge >= 0.3 is 5.97 Å². The summed E-state index contributed by atoms with van der Waals surface area (Å²) in [5.74, 6) is -0.413. The largest absolute Gasteiger partial charge is 0.423 e. The molecule has 0 atom stereocenters. The standard InChI is InChI=1S/C22H14FNO2/c23-20-10-3-16(4-11-20)5-14-22(25)26-21-12-8-19(9-13-21)18-6-1-17(15-24)2-7-18/h1-14H. The molecule has 0 aliphatic carbocycles. The van der Waals surface area contributed by atoms with E-state index < -0.39 is 5.97 Å². The second kappa shape index (κ2) is 7.91. The van der Waals surface area contributed by atoms with Gasteiger partial charge in [-0.3, -0.25) is 0 Å². The zero-order valence-corrected chi connectivity index (χ0v) is 13.7. The third-order valence-corrected chi connectivity index (χ3v) is 3.70. The summed E-state index contributed by atoms with van der Waals surface area (Å²) in [5.41, 5.74) is 3.24. The average Bonchev–Trinajstić information content (AvgIpc) is 2.68. The molecule has 3 nitrogen and oxygen atoms in total. The molecule has 0 unspecified atom stereocenters. The molecule has 126 valence electrons. The number of carbonyl (C=O) groups excluding carboxylic acids is 1. The van der Waals surface area contributed by atoms with Crippen molar-refractivity contribution in [1.82, 2.24) is 0 Å². The van der Waals surface area contributed by atoms with Crippen molar-refractivity contribution in [1.29, 1.82) is 5.26 Å². The number of benzene rings is 3. The minimum Gasteiger partial charge on any atom is -0.423 e. The summed E-state index contributed by atoms with van der Waals surface area (Å²) >= 11 is 0. The molecule has 0 aromatic heterocycles. The van der Waals surface area contributed by atoms with Gasteiger partial charge in [-0.1, -0.05) is 36.4 Å². The molecular weight excluding hydrogens is 329 g/mol. The fraction of sp³-hybridized carbons (Fsp3) is 0. The zero-order valence-electron chi connectivity index (χ0n) is 13.7. The molecule has 0 bridgehead atoms. The van der Waals surface area contributed by atoms with Crippen LogP contribution >= 0.6 is 0 Å². The number of ether oxygens (including phenoxy) is 1. The highest BCUT2D eigenvalue weighted by molar-refractivity contribution is 5.88. The summed E-state index contributed by atoms with van der Waals surface area (Å²) in [7, 11) is 0. The summed E-state index contributed by atoms with van der Waals surface area (Å²) in [4.78, 5) is 11.9. The molecule has 0 saturated heterocycles. The highest BCUT2D eigenvalue weighted by Gasteiger charge is 2.03. The van der Waals surface area contributed by atoms with E-state index in [4.69, 9.17) is 10.00 Å². The molecule has 0 aliphatic heterocycles. The first kappa shape index (κ1) is 17.1. The molecule has 3 rings (SSSR count). The first-order valence-corrected chi connectivity index (χ1v) is 7.90. The van der Waals surface area contributed by atoms with Gasteiger partial charge < -0.3 is 4.74 Å². The fourth-order valence-corrected chi connectivity index (χ4v) is 2.34. The van der Waals surface area contributed by atoms with Crippen LogP contribution in [0.4, 0.5) is 4.39 Å². The Hall–Kier alpha value is -3.71. The molecule has 3 aromatic carbocycles. The van der Waals surface area contributed by atoms with Crippen LogP contribution in [0.15, 0.2) is 78.9 Å². The number of halogens is 1. The van der Waals surface area contributed by atoms with Gasteiger partial charge in [0.1, 0.15) is 11.6 Å². The van der Waals surface area contributed by atoms with Gasteiger partial charge in [-0.2, -0.15) is 5.26 Å². The molecule has 4 heteroatoms. The molecule has 0 amide bonds. The predicted molar refractivity (Wildman–Crippen MR) is 97.7 cm³/mol. The van der Waals surface area contributed by atoms with E-state index in [0.717, 1.165) is 11.1 Å². The summed E-state index contributed by atoms with van der Waals surface area (Å²) in [5, 5.41) is 8.83. The molecule has 0 saturated carbocycles. The molecule has 0 radical (unpaired) electrons. The Balaban J connectivity index is 1.64. The van der Waals surface area contributed by atoms with Crippen LogP contribution < -0.4 is 4.74 Å². The van der Waals surface area contributed by atoms with Crippen molar-refractivity contribution in [2.24, 2.45) is 0 Å². The van der Waals surface area contributed by atoms with Gasteiger partial charge in [-0.25, -0.2) is 9.18 Å². The Morgan fingerprint density at radius 2 is 1.46 bits per heavy atom. The van der Waals surface area contributed by atoms with Crippen LogP contribution in [-0.4, -0.2) is 5.97 Å². The monoisotopic (exact) mass is 343 g/mol. The van der Waals surface area contributed by atoms with Crippen molar-refractivity contribution >= 4 is 12.0 Å². The second-order valence-corrected chi connectivity index (χ2v) is 5.52. The zero-order chi connectivity index (χ0) is 18.4. The van der Waals surface area contributed by atoms with Gasteiger partial charge in [0.2, 0.25) is 0 Å². The molecule has 0 heterocycles. The molecule has 0 fully saturated rings. The summed E-state index contributed by atoms with van der Waals surface area (Å²) in [6.45, 7) is 0. The third-order valence-electron chi connectivity index (χ3n) is 3.70. The molecular formula is C22H14FNO2. The summed E-state index contributed by atoms with van der Waals surface area (Å²) in [6, 6.07) is 22.2. The Labute approximate surface area is 150 Å². The molecule has 26 heavy (non-hydrogen) atoms. The maximum absolute atomic E-state index is 12.8. The smallest absolute Gasteiger partial charge is 0.336 e. The number of hydrogen-bond donors (Lipinski definition) is 0. The van der Waals surface area contributed by atoms with Crippen LogP contribution in [0.2, 0.25) is 0 Å². The van der Waals surface area contributed by atoms with Crippen molar-refractivity contribution in [2.75, 3.05) is 0 Å². The van der Waals surface area contributed by atoms with Gasteiger partial charge in [-0.15, -0.1) is 0 Å². The Kier molecular flexibility index (Phi) is 5.21. The van der Waals surface area contributed by atoms with Gasteiger partial charge in [0.15, 0.2) is 0 Å².